The number of carbonyl (C=O) groups is 1. The molecule has 0 aliphatic heterocycles. The molecule has 0 fully saturated rings. The molecule has 0 atom stereocenters. The molecule has 0 heterocycles. The van der Waals surface area contributed by atoms with E-state index < -0.39 is 0 Å². The van der Waals surface area contributed by atoms with Gasteiger partial charge < -0.3 is 10.7 Å². The zero-order valence-corrected chi connectivity index (χ0v) is 11.0. The van der Waals surface area contributed by atoms with E-state index in [4.69, 9.17) is 11.1 Å². The van der Waals surface area contributed by atoms with Crippen LogP contribution >= 0.6 is 0 Å². The lowest BCUT2D eigenvalue weighted by molar-refractivity contribution is 0.102. The normalized spacial score (nSPS) is 9.65. The highest BCUT2D eigenvalue weighted by Crippen LogP contribution is 2.17. The first-order valence-corrected chi connectivity index (χ1v) is 6.03. The third-order valence-electron chi connectivity index (χ3n) is 2.92. The van der Waals surface area contributed by atoms with Crippen molar-refractivity contribution < 1.29 is 4.79 Å². The number of benzene rings is 2. The molecule has 0 bridgehead atoms. The fourth-order valence-electron chi connectivity index (χ4n) is 1.80. The molecule has 20 heavy (non-hydrogen) atoms. The van der Waals surface area contributed by atoms with Crippen LogP contribution in [0.2, 0.25) is 0 Å². The standard InChI is InChI=1S/C15H14N4O/c1-10-8-12(4-7-14(10)19-17)15(20)18-13-5-2-11(9-16)3-6-13/h2-8,19H,17H2,1H3,(H,18,20). The molecule has 5 nitrogen and oxygen atoms in total. The van der Waals surface area contributed by atoms with Gasteiger partial charge in [-0.05, 0) is 55.0 Å². The van der Waals surface area contributed by atoms with Crippen LogP contribution in [-0.4, -0.2) is 5.91 Å². The number of amides is 1. The van der Waals surface area contributed by atoms with Gasteiger partial charge >= 0.3 is 0 Å². The quantitative estimate of drug-likeness (QED) is 0.587. The molecule has 0 saturated carbocycles. The SMILES string of the molecule is Cc1cc(C(=O)Nc2ccc(C#N)cc2)ccc1NN. The van der Waals surface area contributed by atoms with E-state index in [1.54, 1.807) is 42.5 Å². The van der Waals surface area contributed by atoms with E-state index in [2.05, 4.69) is 10.7 Å². The van der Waals surface area contributed by atoms with Crippen molar-refractivity contribution in [3.63, 3.8) is 0 Å². The number of rotatable bonds is 3. The molecule has 0 saturated heterocycles. The number of hydrogen-bond acceptors (Lipinski definition) is 4. The van der Waals surface area contributed by atoms with Crippen LogP contribution in [0.4, 0.5) is 11.4 Å². The van der Waals surface area contributed by atoms with Crippen molar-refractivity contribution in [3.05, 3.63) is 59.2 Å². The van der Waals surface area contributed by atoms with Crippen LogP contribution in [0.5, 0.6) is 0 Å². The van der Waals surface area contributed by atoms with Gasteiger partial charge in [0, 0.05) is 11.3 Å². The first-order chi connectivity index (χ1) is 9.63. The van der Waals surface area contributed by atoms with Gasteiger partial charge in [-0.15, -0.1) is 0 Å². The molecule has 0 radical (unpaired) electrons. The van der Waals surface area contributed by atoms with Crippen LogP contribution in [-0.2, 0) is 0 Å². The lowest BCUT2D eigenvalue weighted by Crippen LogP contribution is -2.13. The number of nitrogen functional groups attached to an aromatic ring is 1. The second-order valence-corrected chi connectivity index (χ2v) is 4.32. The maximum atomic E-state index is 12.1. The minimum Gasteiger partial charge on any atom is -0.324 e. The molecule has 0 aliphatic carbocycles. The minimum absolute atomic E-state index is 0.207. The molecule has 5 heteroatoms. The Bertz CT molecular complexity index is 671. The maximum Gasteiger partial charge on any atom is 0.255 e. The van der Waals surface area contributed by atoms with Crippen molar-refractivity contribution in [1.29, 1.82) is 5.26 Å². The highest BCUT2D eigenvalue weighted by atomic mass is 16.1. The van der Waals surface area contributed by atoms with E-state index in [-0.39, 0.29) is 5.91 Å². The molecule has 2 rings (SSSR count). The summed E-state index contributed by atoms with van der Waals surface area (Å²) in [6.07, 6.45) is 0. The number of hydrazine groups is 1. The Hall–Kier alpha value is -2.84. The van der Waals surface area contributed by atoms with E-state index in [0.717, 1.165) is 11.3 Å². The monoisotopic (exact) mass is 266 g/mol. The van der Waals surface area contributed by atoms with Crippen LogP contribution in [0.1, 0.15) is 21.5 Å². The largest absolute Gasteiger partial charge is 0.324 e. The van der Waals surface area contributed by atoms with Crippen molar-refractivity contribution in [2.24, 2.45) is 5.84 Å². The number of nitrogens with two attached hydrogens (primary N) is 1. The average molecular weight is 266 g/mol. The highest BCUT2D eigenvalue weighted by molar-refractivity contribution is 6.04. The summed E-state index contributed by atoms with van der Waals surface area (Å²) in [6.45, 7) is 1.87. The summed E-state index contributed by atoms with van der Waals surface area (Å²) < 4.78 is 0. The Kier molecular flexibility index (Phi) is 3.99. The fourth-order valence-corrected chi connectivity index (χ4v) is 1.80. The van der Waals surface area contributed by atoms with Crippen molar-refractivity contribution in [2.75, 3.05) is 10.7 Å². The number of anilines is 2. The molecule has 0 unspecified atom stereocenters. The summed E-state index contributed by atoms with van der Waals surface area (Å²) >= 11 is 0. The minimum atomic E-state index is -0.207. The molecule has 4 N–H and O–H groups in total. The van der Waals surface area contributed by atoms with Gasteiger partial charge in [0.1, 0.15) is 0 Å². The topological polar surface area (TPSA) is 90.9 Å². The molecule has 100 valence electrons. The molecule has 2 aromatic rings. The third-order valence-corrected chi connectivity index (χ3v) is 2.92. The summed E-state index contributed by atoms with van der Waals surface area (Å²) in [5.41, 5.74) is 5.97. The van der Waals surface area contributed by atoms with Crippen molar-refractivity contribution in [2.45, 2.75) is 6.92 Å². The van der Waals surface area contributed by atoms with E-state index in [1.165, 1.54) is 0 Å². The van der Waals surface area contributed by atoms with Crippen LogP contribution in [0, 0.1) is 18.3 Å². The lowest BCUT2D eigenvalue weighted by atomic mass is 10.1. The molecule has 0 spiro atoms. The molecule has 1 amide bonds. The Labute approximate surface area is 117 Å². The highest BCUT2D eigenvalue weighted by Gasteiger charge is 2.08. The summed E-state index contributed by atoms with van der Waals surface area (Å²) in [6, 6.07) is 13.9. The zero-order chi connectivity index (χ0) is 14.5. The number of carbonyl (C=O) groups excluding carboxylic acids is 1. The Morgan fingerprint density at radius 3 is 2.45 bits per heavy atom. The summed E-state index contributed by atoms with van der Waals surface area (Å²) in [5, 5.41) is 11.5. The number of nitriles is 1. The van der Waals surface area contributed by atoms with E-state index in [9.17, 15) is 4.79 Å². The molecular formula is C15H14N4O. The van der Waals surface area contributed by atoms with E-state index >= 15 is 0 Å². The second-order valence-electron chi connectivity index (χ2n) is 4.32. The van der Waals surface area contributed by atoms with Gasteiger partial charge in [-0.25, -0.2) is 0 Å². The number of nitrogens with zero attached hydrogens (tertiary/aromatic N) is 1. The predicted octanol–water partition coefficient (Wildman–Crippen LogP) is 2.40. The van der Waals surface area contributed by atoms with Crippen LogP contribution in [0.15, 0.2) is 42.5 Å². The maximum absolute atomic E-state index is 12.1. The Morgan fingerprint density at radius 2 is 1.90 bits per heavy atom. The van der Waals surface area contributed by atoms with Gasteiger partial charge in [0.15, 0.2) is 0 Å². The van der Waals surface area contributed by atoms with Gasteiger partial charge in [-0.1, -0.05) is 0 Å². The first kappa shape index (κ1) is 13.6. The number of nitrogens with one attached hydrogen (secondary N) is 2. The summed E-state index contributed by atoms with van der Waals surface area (Å²) in [4.78, 5) is 12.1. The third kappa shape index (κ3) is 2.94. The molecule has 0 aromatic heterocycles. The van der Waals surface area contributed by atoms with E-state index in [1.807, 2.05) is 13.0 Å². The van der Waals surface area contributed by atoms with Gasteiger partial charge in [-0.2, -0.15) is 5.26 Å². The summed E-state index contributed by atoms with van der Waals surface area (Å²) in [5.74, 6) is 5.14. The van der Waals surface area contributed by atoms with Crippen LogP contribution in [0.3, 0.4) is 0 Å². The molecular weight excluding hydrogens is 252 g/mol. The molecule has 0 aliphatic rings. The van der Waals surface area contributed by atoms with Crippen molar-refractivity contribution in [3.8, 4) is 6.07 Å². The van der Waals surface area contributed by atoms with Gasteiger partial charge in [0.2, 0.25) is 0 Å². The average Bonchev–Trinajstić information content (AvgIpc) is 2.48. The molecule has 2 aromatic carbocycles. The van der Waals surface area contributed by atoms with Crippen molar-refractivity contribution >= 4 is 17.3 Å². The smallest absolute Gasteiger partial charge is 0.255 e. The lowest BCUT2D eigenvalue weighted by Gasteiger charge is -2.08. The zero-order valence-electron chi connectivity index (χ0n) is 11.0. The van der Waals surface area contributed by atoms with Gasteiger partial charge in [-0.3, -0.25) is 10.6 Å². The van der Waals surface area contributed by atoms with Crippen molar-refractivity contribution in [1.82, 2.24) is 0 Å². The van der Waals surface area contributed by atoms with Crippen LogP contribution in [0.25, 0.3) is 0 Å². The fraction of sp³-hybridized carbons (Fsp3) is 0.0667. The first-order valence-electron chi connectivity index (χ1n) is 6.03. The number of hydrogen-bond donors (Lipinski definition) is 3. The number of aryl methyl sites for hydroxylation is 1. The van der Waals surface area contributed by atoms with E-state index in [0.29, 0.717) is 16.8 Å². The summed E-state index contributed by atoms with van der Waals surface area (Å²) in [7, 11) is 0. The predicted molar refractivity (Wildman–Crippen MR) is 78.1 cm³/mol. The van der Waals surface area contributed by atoms with Gasteiger partial charge in [0.25, 0.3) is 5.91 Å². The Morgan fingerprint density at radius 1 is 1.20 bits per heavy atom. The Balaban J connectivity index is 2.15. The van der Waals surface area contributed by atoms with Gasteiger partial charge in [0.05, 0.1) is 17.3 Å². The second kappa shape index (κ2) is 5.87. The van der Waals surface area contributed by atoms with Crippen LogP contribution < -0.4 is 16.6 Å².